The van der Waals surface area contributed by atoms with E-state index in [1.165, 1.54) is 34.7 Å². The number of thiocarbonyl (C=S) groups is 1. The van der Waals surface area contributed by atoms with Gasteiger partial charge in [-0.3, -0.25) is 14.5 Å². The van der Waals surface area contributed by atoms with Crippen molar-refractivity contribution in [3.05, 3.63) is 90.2 Å². The van der Waals surface area contributed by atoms with Gasteiger partial charge in [-0.1, -0.05) is 30.3 Å². The minimum Gasteiger partial charge on any atom is -0.497 e. The minimum atomic E-state index is -0.735. The number of ether oxygens (including phenoxy) is 1. The fraction of sp³-hybridized carbons (Fsp3) is 0.222. The summed E-state index contributed by atoms with van der Waals surface area (Å²) >= 11 is 5.71. The molecule has 2 amide bonds. The summed E-state index contributed by atoms with van der Waals surface area (Å²) in [6.45, 7) is 0.528. The topological polar surface area (TPSA) is 61.9 Å². The van der Waals surface area contributed by atoms with Gasteiger partial charge in [0.1, 0.15) is 17.6 Å². The van der Waals surface area contributed by atoms with Crippen LogP contribution in [-0.4, -0.2) is 41.5 Å². The Morgan fingerprint density at radius 3 is 2.37 bits per heavy atom. The number of aryl methyl sites for hydroxylation is 1. The molecule has 1 fully saturated rings. The molecule has 1 atom stereocenters. The zero-order chi connectivity index (χ0) is 24.8. The van der Waals surface area contributed by atoms with Crippen molar-refractivity contribution in [2.45, 2.75) is 25.3 Å². The summed E-state index contributed by atoms with van der Waals surface area (Å²) in [4.78, 5) is 29.6. The Morgan fingerprint density at radius 1 is 1.03 bits per heavy atom. The lowest BCUT2D eigenvalue weighted by Gasteiger charge is -2.24. The molecule has 0 saturated carbocycles. The van der Waals surface area contributed by atoms with Gasteiger partial charge in [0.15, 0.2) is 5.11 Å². The van der Waals surface area contributed by atoms with Crippen molar-refractivity contribution in [3.8, 4) is 5.75 Å². The predicted octanol–water partition coefficient (Wildman–Crippen LogP) is 4.80. The summed E-state index contributed by atoms with van der Waals surface area (Å²) in [5.41, 5.74) is 2.28. The van der Waals surface area contributed by atoms with Gasteiger partial charge in [0.2, 0.25) is 5.91 Å². The monoisotopic (exact) mass is 491 g/mol. The van der Waals surface area contributed by atoms with Crippen LogP contribution in [0.5, 0.6) is 5.75 Å². The van der Waals surface area contributed by atoms with Gasteiger partial charge < -0.3 is 15.0 Å². The van der Waals surface area contributed by atoms with Gasteiger partial charge in [-0.25, -0.2) is 4.39 Å². The number of carbonyl (C=O) groups excluding carboxylic acids is 2. The van der Waals surface area contributed by atoms with E-state index in [2.05, 4.69) is 17.4 Å². The Kier molecular flexibility index (Phi) is 7.72. The summed E-state index contributed by atoms with van der Waals surface area (Å²) in [6.07, 6.45) is 1.52. The third kappa shape index (κ3) is 5.84. The summed E-state index contributed by atoms with van der Waals surface area (Å²) in [5.74, 6) is -0.322. The number of carbonyl (C=O) groups is 2. The normalized spacial score (nSPS) is 15.4. The van der Waals surface area contributed by atoms with E-state index in [-0.39, 0.29) is 24.1 Å². The number of rotatable bonds is 9. The molecule has 1 aliphatic rings. The van der Waals surface area contributed by atoms with E-state index in [0.29, 0.717) is 28.8 Å². The number of nitrogens with one attached hydrogen (secondary N) is 1. The average molecular weight is 492 g/mol. The molecular formula is C27H26FN3O3S. The van der Waals surface area contributed by atoms with Crippen LogP contribution >= 0.6 is 12.2 Å². The molecule has 0 radical (unpaired) electrons. The Labute approximate surface area is 209 Å². The van der Waals surface area contributed by atoms with Gasteiger partial charge >= 0.3 is 0 Å². The predicted molar refractivity (Wildman–Crippen MR) is 138 cm³/mol. The Balaban J connectivity index is 1.51. The van der Waals surface area contributed by atoms with Crippen LogP contribution in [0.2, 0.25) is 0 Å². The van der Waals surface area contributed by atoms with Crippen molar-refractivity contribution in [1.82, 2.24) is 4.90 Å². The highest BCUT2D eigenvalue weighted by Crippen LogP contribution is 2.29. The van der Waals surface area contributed by atoms with Crippen LogP contribution < -0.4 is 15.0 Å². The Bertz CT molecular complexity index is 1190. The number of amides is 2. The summed E-state index contributed by atoms with van der Waals surface area (Å²) in [5, 5.41) is 3.11. The smallest absolute Gasteiger partial charge is 0.256 e. The fourth-order valence-electron chi connectivity index (χ4n) is 4.08. The SMILES string of the molecule is COc1ccc(N2C(=O)C(CC(=O)Nc3ccc(F)cc3)N(CCCc3ccccc3)C2=S)cc1. The van der Waals surface area contributed by atoms with E-state index >= 15 is 0 Å². The molecule has 180 valence electrons. The third-order valence-corrected chi connectivity index (χ3v) is 6.28. The van der Waals surface area contributed by atoms with Crippen LogP contribution in [0.3, 0.4) is 0 Å². The highest BCUT2D eigenvalue weighted by atomic mass is 32.1. The molecule has 3 aromatic rings. The first kappa shape index (κ1) is 24.3. The lowest BCUT2D eigenvalue weighted by Crippen LogP contribution is -2.38. The average Bonchev–Trinajstić information content (AvgIpc) is 3.10. The molecule has 6 nitrogen and oxygen atoms in total. The molecule has 8 heteroatoms. The molecule has 0 spiro atoms. The van der Waals surface area contributed by atoms with E-state index in [9.17, 15) is 14.0 Å². The van der Waals surface area contributed by atoms with Crippen LogP contribution in [0.25, 0.3) is 0 Å². The number of hydrogen-bond donors (Lipinski definition) is 1. The molecule has 1 unspecified atom stereocenters. The molecular weight excluding hydrogens is 465 g/mol. The van der Waals surface area contributed by atoms with Crippen molar-refractivity contribution >= 4 is 40.5 Å². The molecule has 1 saturated heterocycles. The summed E-state index contributed by atoms with van der Waals surface area (Å²) < 4.78 is 18.4. The first-order valence-corrected chi connectivity index (χ1v) is 11.7. The fourth-order valence-corrected chi connectivity index (χ4v) is 4.49. The number of hydrogen-bond acceptors (Lipinski definition) is 4. The van der Waals surface area contributed by atoms with Gasteiger partial charge in [-0.15, -0.1) is 0 Å². The van der Waals surface area contributed by atoms with Crippen molar-refractivity contribution in [2.24, 2.45) is 0 Å². The van der Waals surface area contributed by atoms with Crippen LogP contribution in [0.4, 0.5) is 15.8 Å². The van der Waals surface area contributed by atoms with Crippen molar-refractivity contribution in [3.63, 3.8) is 0 Å². The van der Waals surface area contributed by atoms with E-state index in [0.717, 1.165) is 12.8 Å². The summed E-state index contributed by atoms with van der Waals surface area (Å²) in [7, 11) is 1.57. The van der Waals surface area contributed by atoms with Gasteiger partial charge in [0.05, 0.1) is 19.2 Å². The maximum absolute atomic E-state index is 13.5. The van der Waals surface area contributed by atoms with Crippen LogP contribution in [0.1, 0.15) is 18.4 Å². The third-order valence-electron chi connectivity index (χ3n) is 5.86. The summed E-state index contributed by atoms with van der Waals surface area (Å²) in [6, 6.07) is 21.9. The Morgan fingerprint density at radius 2 is 1.71 bits per heavy atom. The molecule has 0 aliphatic carbocycles. The second-order valence-electron chi connectivity index (χ2n) is 8.21. The number of methoxy groups -OCH3 is 1. The van der Waals surface area contributed by atoms with E-state index in [1.807, 2.05) is 23.1 Å². The van der Waals surface area contributed by atoms with Gasteiger partial charge in [-0.2, -0.15) is 0 Å². The number of anilines is 2. The molecule has 0 aromatic heterocycles. The maximum Gasteiger partial charge on any atom is 0.256 e. The van der Waals surface area contributed by atoms with Crippen LogP contribution in [-0.2, 0) is 16.0 Å². The van der Waals surface area contributed by atoms with Crippen molar-refractivity contribution in [2.75, 3.05) is 23.9 Å². The molecule has 1 heterocycles. The molecule has 1 N–H and O–H groups in total. The largest absolute Gasteiger partial charge is 0.497 e. The molecule has 4 rings (SSSR count). The minimum absolute atomic E-state index is 0.0751. The maximum atomic E-state index is 13.5. The highest BCUT2D eigenvalue weighted by molar-refractivity contribution is 7.80. The zero-order valence-electron chi connectivity index (χ0n) is 19.3. The van der Waals surface area contributed by atoms with E-state index in [4.69, 9.17) is 17.0 Å². The van der Waals surface area contributed by atoms with Gasteiger partial charge in [0, 0.05) is 12.2 Å². The zero-order valence-corrected chi connectivity index (χ0v) is 20.1. The second kappa shape index (κ2) is 11.1. The standard InChI is InChI=1S/C27H26FN3O3S/c1-34-23-15-13-22(14-16-23)31-26(33)24(18-25(32)29-21-11-9-20(28)10-12-21)30(27(31)35)17-5-8-19-6-3-2-4-7-19/h2-4,6-7,9-16,24H,5,8,17-18H2,1H3,(H,29,32). The first-order valence-electron chi connectivity index (χ1n) is 11.3. The highest BCUT2D eigenvalue weighted by Gasteiger charge is 2.43. The molecule has 3 aromatic carbocycles. The van der Waals surface area contributed by atoms with Crippen molar-refractivity contribution in [1.29, 1.82) is 0 Å². The Hall–Kier alpha value is -3.78. The first-order chi connectivity index (χ1) is 17.0. The second-order valence-corrected chi connectivity index (χ2v) is 8.58. The lowest BCUT2D eigenvalue weighted by molar-refractivity contribution is -0.124. The lowest BCUT2D eigenvalue weighted by atomic mass is 10.1. The quantitative estimate of drug-likeness (QED) is 0.436. The molecule has 35 heavy (non-hydrogen) atoms. The number of benzene rings is 3. The molecule has 0 bridgehead atoms. The van der Waals surface area contributed by atoms with Gasteiger partial charge in [-0.05, 0) is 79.2 Å². The van der Waals surface area contributed by atoms with E-state index < -0.39 is 6.04 Å². The van der Waals surface area contributed by atoms with Gasteiger partial charge in [0.25, 0.3) is 5.91 Å². The number of nitrogens with zero attached hydrogens (tertiary/aromatic N) is 2. The molecule has 1 aliphatic heterocycles. The van der Waals surface area contributed by atoms with Crippen molar-refractivity contribution < 1.29 is 18.7 Å². The number of halogens is 1. The van der Waals surface area contributed by atoms with E-state index in [1.54, 1.807) is 31.4 Å². The van der Waals surface area contributed by atoms with Crippen LogP contribution in [0.15, 0.2) is 78.9 Å². The van der Waals surface area contributed by atoms with Crippen LogP contribution in [0, 0.1) is 5.82 Å².